The van der Waals surface area contributed by atoms with Gasteiger partial charge in [0.2, 0.25) is 0 Å². The number of ether oxygens (including phenoxy) is 4. The van der Waals surface area contributed by atoms with Crippen molar-refractivity contribution in [2.24, 2.45) is 0 Å². The second kappa shape index (κ2) is 70.0. The number of carbonyl (C=O) groups is 4. The van der Waals surface area contributed by atoms with Crippen LogP contribution in [0.5, 0.6) is 0 Å². The van der Waals surface area contributed by atoms with Gasteiger partial charge in [-0.25, -0.2) is 9.13 Å². The van der Waals surface area contributed by atoms with Gasteiger partial charge in [0.05, 0.1) is 26.4 Å². The Kier molecular flexibility index (Phi) is 67.4. The Hall–Kier alpha value is -3.50. The van der Waals surface area contributed by atoms with E-state index in [2.05, 4.69) is 101 Å². The van der Waals surface area contributed by atoms with E-state index in [1.165, 1.54) is 77.0 Å². The van der Waals surface area contributed by atoms with Crippen LogP contribution in [0.25, 0.3) is 0 Å². The molecule has 17 nitrogen and oxygen atoms in total. The molecule has 3 N–H and O–H groups in total. The Morgan fingerprint density at radius 3 is 0.823 bits per heavy atom. The number of phosphoric acid groups is 2. The van der Waals surface area contributed by atoms with E-state index < -0.39 is 97.5 Å². The van der Waals surface area contributed by atoms with Crippen molar-refractivity contribution in [2.45, 2.75) is 354 Å². The van der Waals surface area contributed by atoms with E-state index in [0.717, 1.165) is 180 Å². The summed E-state index contributed by atoms with van der Waals surface area (Å²) >= 11 is 0. The van der Waals surface area contributed by atoms with E-state index in [9.17, 15) is 43.2 Å². The summed E-state index contributed by atoms with van der Waals surface area (Å²) < 4.78 is 68.4. The van der Waals surface area contributed by atoms with Gasteiger partial charge in [-0.2, -0.15) is 0 Å². The Bertz CT molecular complexity index is 2110. The van der Waals surface area contributed by atoms with Gasteiger partial charge in [0.1, 0.15) is 19.3 Å². The quantitative estimate of drug-likeness (QED) is 0.0169. The molecule has 0 saturated carbocycles. The number of allylic oxidation sites excluding steroid dienone is 12. The molecule has 5 unspecified atom stereocenters. The van der Waals surface area contributed by atoms with Crippen molar-refractivity contribution in [3.63, 3.8) is 0 Å². The molecule has 5 atom stereocenters. The summed E-state index contributed by atoms with van der Waals surface area (Å²) in [4.78, 5) is 72.8. The largest absolute Gasteiger partial charge is 0.472 e. The molecule has 0 radical (unpaired) electrons. The molecular formula is C77H138O17P2. The van der Waals surface area contributed by atoms with Gasteiger partial charge < -0.3 is 33.8 Å². The molecule has 0 aliphatic carbocycles. The molecule has 0 saturated heterocycles. The lowest BCUT2D eigenvalue weighted by atomic mass is 10.1. The van der Waals surface area contributed by atoms with Crippen LogP contribution in [0.1, 0.15) is 336 Å². The van der Waals surface area contributed by atoms with Crippen LogP contribution in [-0.4, -0.2) is 96.7 Å². The number of esters is 4. The van der Waals surface area contributed by atoms with E-state index in [0.29, 0.717) is 25.7 Å². The number of unbranched alkanes of at least 4 members (excludes halogenated alkanes) is 34. The lowest BCUT2D eigenvalue weighted by Crippen LogP contribution is -2.30. The van der Waals surface area contributed by atoms with Crippen LogP contribution >= 0.6 is 15.6 Å². The van der Waals surface area contributed by atoms with Crippen molar-refractivity contribution in [1.82, 2.24) is 0 Å². The van der Waals surface area contributed by atoms with Crippen LogP contribution in [0.3, 0.4) is 0 Å². The summed E-state index contributed by atoms with van der Waals surface area (Å²) in [5.74, 6) is -2.20. The molecule has 0 bridgehead atoms. The van der Waals surface area contributed by atoms with E-state index in [1.54, 1.807) is 0 Å². The van der Waals surface area contributed by atoms with Gasteiger partial charge in [-0.15, -0.1) is 0 Å². The number of hydrogen-bond donors (Lipinski definition) is 3. The lowest BCUT2D eigenvalue weighted by molar-refractivity contribution is -0.161. The molecule has 0 aliphatic heterocycles. The minimum absolute atomic E-state index is 0.0772. The number of aliphatic hydroxyl groups excluding tert-OH is 1. The van der Waals surface area contributed by atoms with Gasteiger partial charge in [-0.1, -0.05) is 255 Å². The molecule has 558 valence electrons. The molecular weight excluding hydrogens is 1260 g/mol. The van der Waals surface area contributed by atoms with Crippen LogP contribution in [0, 0.1) is 0 Å². The van der Waals surface area contributed by atoms with Gasteiger partial charge in [-0.05, 0) is 128 Å². The summed E-state index contributed by atoms with van der Waals surface area (Å²) in [6.07, 6.45) is 68.9. The number of carbonyl (C=O) groups excluding carboxylic acids is 4. The van der Waals surface area contributed by atoms with Crippen molar-refractivity contribution >= 4 is 39.5 Å². The fraction of sp³-hybridized carbons (Fsp3) is 0.792. The number of aliphatic hydroxyl groups is 1. The molecule has 0 amide bonds. The van der Waals surface area contributed by atoms with Gasteiger partial charge in [0, 0.05) is 25.7 Å². The maximum absolute atomic E-state index is 13.1. The monoisotopic (exact) mass is 1400 g/mol. The van der Waals surface area contributed by atoms with Crippen molar-refractivity contribution in [2.75, 3.05) is 39.6 Å². The number of hydrogen-bond acceptors (Lipinski definition) is 15. The van der Waals surface area contributed by atoms with Crippen molar-refractivity contribution in [3.8, 4) is 0 Å². The predicted octanol–water partition coefficient (Wildman–Crippen LogP) is 21.7. The minimum Gasteiger partial charge on any atom is -0.462 e. The average molecular weight is 1400 g/mol. The van der Waals surface area contributed by atoms with Gasteiger partial charge in [0.15, 0.2) is 12.2 Å². The average Bonchev–Trinajstić information content (AvgIpc) is 1.17. The highest BCUT2D eigenvalue weighted by Crippen LogP contribution is 2.45. The van der Waals surface area contributed by atoms with Crippen molar-refractivity contribution in [1.29, 1.82) is 0 Å². The summed E-state index contributed by atoms with van der Waals surface area (Å²) in [7, 11) is -9.95. The molecule has 0 rings (SSSR count). The standard InChI is InChI=1S/C77H138O17P2/c1-5-9-13-17-21-25-29-33-35-39-42-46-50-54-58-62-75(80)88-68-73(94-77(82)64-60-56-52-48-44-40-36-34-30-26-22-18-14-10-6-2)70-92-96(85,86)90-66-71(78)65-89-95(83,84)91-69-72(93-76(81)63-59-55-51-47-43-38-32-28-24-20-16-12-8-4)67-87-74(79)61-57-53-49-45-41-37-31-27-23-19-15-11-7-3/h15-16,19-20,27-28,31-36,71-73,78H,5-14,17-18,21-26,29-30,37-70H2,1-4H3,(H,83,84)(H,85,86)/b19-15-,20-16-,31-27-,32-28-,35-33-,36-34-. The first kappa shape index (κ1) is 92.5. The first-order valence-electron chi connectivity index (χ1n) is 38.2. The van der Waals surface area contributed by atoms with Gasteiger partial charge in [-0.3, -0.25) is 37.3 Å². The van der Waals surface area contributed by atoms with Crippen LogP contribution in [0.2, 0.25) is 0 Å². The highest BCUT2D eigenvalue weighted by molar-refractivity contribution is 7.47. The van der Waals surface area contributed by atoms with Crippen LogP contribution in [-0.2, 0) is 65.4 Å². The lowest BCUT2D eigenvalue weighted by Gasteiger charge is -2.21. The smallest absolute Gasteiger partial charge is 0.462 e. The predicted molar refractivity (Wildman–Crippen MR) is 390 cm³/mol. The van der Waals surface area contributed by atoms with Crippen molar-refractivity contribution < 1.29 is 80.2 Å². The maximum atomic E-state index is 13.1. The number of phosphoric ester groups is 2. The normalized spacial score (nSPS) is 14.4. The Labute approximate surface area is 583 Å². The topological polar surface area (TPSA) is 237 Å². The second-order valence-electron chi connectivity index (χ2n) is 25.6. The van der Waals surface area contributed by atoms with E-state index in [-0.39, 0.29) is 25.7 Å². The van der Waals surface area contributed by atoms with Crippen LogP contribution < -0.4 is 0 Å². The fourth-order valence-corrected chi connectivity index (χ4v) is 11.8. The molecule has 19 heteroatoms. The molecule has 0 aromatic rings. The van der Waals surface area contributed by atoms with E-state index >= 15 is 0 Å². The third-order valence-electron chi connectivity index (χ3n) is 16.1. The highest BCUT2D eigenvalue weighted by Gasteiger charge is 2.30. The fourth-order valence-electron chi connectivity index (χ4n) is 10.2. The van der Waals surface area contributed by atoms with E-state index in [4.69, 9.17) is 37.0 Å². The summed E-state index contributed by atoms with van der Waals surface area (Å²) in [5.41, 5.74) is 0. The molecule has 0 heterocycles. The third-order valence-corrected chi connectivity index (χ3v) is 18.0. The van der Waals surface area contributed by atoms with Gasteiger partial charge in [0.25, 0.3) is 0 Å². The second-order valence-corrected chi connectivity index (χ2v) is 28.5. The maximum Gasteiger partial charge on any atom is 0.472 e. The Balaban J connectivity index is 5.35. The van der Waals surface area contributed by atoms with Crippen LogP contribution in [0.4, 0.5) is 0 Å². The van der Waals surface area contributed by atoms with Crippen molar-refractivity contribution in [3.05, 3.63) is 72.9 Å². The molecule has 0 fully saturated rings. The Morgan fingerprint density at radius 1 is 0.292 bits per heavy atom. The summed E-state index contributed by atoms with van der Waals surface area (Å²) in [6.45, 7) is 4.72. The first-order chi connectivity index (χ1) is 46.7. The zero-order chi connectivity index (χ0) is 70.4. The van der Waals surface area contributed by atoms with E-state index in [1.807, 2.05) is 0 Å². The first-order valence-corrected chi connectivity index (χ1v) is 41.2. The molecule has 0 aromatic heterocycles. The summed E-state index contributed by atoms with van der Waals surface area (Å²) in [6, 6.07) is 0. The highest BCUT2D eigenvalue weighted by atomic mass is 31.2. The minimum atomic E-state index is -4.97. The molecule has 96 heavy (non-hydrogen) atoms. The van der Waals surface area contributed by atoms with Gasteiger partial charge >= 0.3 is 39.5 Å². The van der Waals surface area contributed by atoms with Crippen LogP contribution in [0.15, 0.2) is 72.9 Å². The molecule has 0 aromatic carbocycles. The zero-order valence-corrected chi connectivity index (χ0v) is 62.6. The summed E-state index contributed by atoms with van der Waals surface area (Å²) in [5, 5.41) is 10.6. The molecule has 0 aliphatic rings. The zero-order valence-electron chi connectivity index (χ0n) is 60.8. The number of rotatable bonds is 72. The third kappa shape index (κ3) is 69.0. The SMILES string of the molecule is CCC/C=C\C/C=C\CCCCCCCC(=O)OCC(COP(=O)(O)OCC(O)COP(=O)(O)OCC(COC(=O)CCCCCCC/C=C\CCCCCCCC)OC(=O)CCCCCCC/C=C\CCCCCCCC)OC(=O)CCCCCCC/C=C\C/C=C\CCC. The Morgan fingerprint density at radius 2 is 0.531 bits per heavy atom. The molecule has 0 spiro atoms.